The Balaban J connectivity index is 1.51. The van der Waals surface area contributed by atoms with Crippen molar-refractivity contribution in [1.29, 1.82) is 0 Å². The van der Waals surface area contributed by atoms with E-state index < -0.39 is 12.0 Å². The maximum atomic E-state index is 14.3. The number of nitrogen functional groups attached to an aromatic ring is 1. The molecule has 35 heavy (non-hydrogen) atoms. The van der Waals surface area contributed by atoms with Crippen molar-refractivity contribution < 1.29 is 18.3 Å². The van der Waals surface area contributed by atoms with Crippen molar-refractivity contribution >= 4 is 27.5 Å². The number of halogens is 3. The van der Waals surface area contributed by atoms with Gasteiger partial charge < -0.3 is 15.4 Å². The quantitative estimate of drug-likeness (QED) is 0.340. The van der Waals surface area contributed by atoms with Crippen LogP contribution in [0.3, 0.4) is 0 Å². The average Bonchev–Trinajstić information content (AvgIpc) is 3.43. The summed E-state index contributed by atoms with van der Waals surface area (Å²) in [4.78, 5) is 14.3. The molecule has 6 nitrogen and oxygen atoms in total. The summed E-state index contributed by atoms with van der Waals surface area (Å²) in [6.45, 7) is 0.151. The summed E-state index contributed by atoms with van der Waals surface area (Å²) in [5.74, 6) is -0.974. The summed E-state index contributed by atoms with van der Waals surface area (Å²) < 4.78 is 36.4. The normalized spacial score (nSPS) is 15.7. The zero-order valence-electron chi connectivity index (χ0n) is 18.5. The number of anilines is 1. The Morgan fingerprint density at radius 1 is 1.06 bits per heavy atom. The van der Waals surface area contributed by atoms with E-state index in [0.717, 1.165) is 10.2 Å². The second-order valence-corrected chi connectivity index (χ2v) is 9.13. The molecule has 178 valence electrons. The van der Waals surface area contributed by atoms with Gasteiger partial charge in [-0.1, -0.05) is 22.0 Å². The molecule has 9 heteroatoms. The van der Waals surface area contributed by atoms with Gasteiger partial charge >= 0.3 is 0 Å². The molecule has 0 radical (unpaired) electrons. The zero-order valence-corrected chi connectivity index (χ0v) is 20.1. The molecule has 1 fully saturated rings. The van der Waals surface area contributed by atoms with Gasteiger partial charge in [0.1, 0.15) is 23.9 Å². The lowest BCUT2D eigenvalue weighted by Gasteiger charge is -2.23. The first kappa shape index (κ1) is 23.2. The molecule has 1 saturated heterocycles. The molecule has 2 heterocycles. The minimum Gasteiger partial charge on any atom is -0.399 e. The van der Waals surface area contributed by atoms with Gasteiger partial charge in [-0.05, 0) is 72.6 Å². The van der Waals surface area contributed by atoms with Gasteiger partial charge in [-0.25, -0.2) is 13.5 Å². The van der Waals surface area contributed by atoms with Crippen LogP contribution in [0.5, 0.6) is 0 Å². The average molecular weight is 539 g/mol. The molecule has 5 rings (SSSR count). The molecular weight excluding hydrogens is 518 g/mol. The van der Waals surface area contributed by atoms with Crippen molar-refractivity contribution in [1.82, 2.24) is 14.7 Å². The Morgan fingerprint density at radius 2 is 1.80 bits per heavy atom. The van der Waals surface area contributed by atoms with Gasteiger partial charge in [-0.2, -0.15) is 5.10 Å². The molecule has 3 aromatic carbocycles. The van der Waals surface area contributed by atoms with Crippen LogP contribution in [-0.4, -0.2) is 33.7 Å². The number of hydrogen-bond donors (Lipinski definition) is 1. The number of benzene rings is 3. The van der Waals surface area contributed by atoms with Crippen molar-refractivity contribution in [3.63, 3.8) is 0 Å². The zero-order chi connectivity index (χ0) is 24.5. The van der Waals surface area contributed by atoms with Crippen LogP contribution in [0.25, 0.3) is 16.9 Å². The molecule has 1 amide bonds. The van der Waals surface area contributed by atoms with E-state index in [0.29, 0.717) is 34.5 Å². The predicted octanol–water partition coefficient (Wildman–Crippen LogP) is 5.26. The SMILES string of the molecule is Nc1ccc(CCN2C(=O)COC2c2cn(-c3ccc(Br)cc3)nc2-c2ccc(F)cc2)c(F)c1. The molecule has 1 aliphatic rings. The van der Waals surface area contributed by atoms with Crippen LogP contribution in [0.2, 0.25) is 0 Å². The summed E-state index contributed by atoms with van der Waals surface area (Å²) in [7, 11) is 0. The molecule has 0 aliphatic carbocycles. The summed E-state index contributed by atoms with van der Waals surface area (Å²) in [6.07, 6.45) is 1.38. The summed E-state index contributed by atoms with van der Waals surface area (Å²) in [5.41, 5.74) is 9.16. The van der Waals surface area contributed by atoms with Crippen LogP contribution in [0.1, 0.15) is 17.4 Å². The first-order valence-electron chi connectivity index (χ1n) is 11.0. The van der Waals surface area contributed by atoms with Crippen LogP contribution < -0.4 is 5.73 Å². The molecule has 0 bridgehead atoms. The van der Waals surface area contributed by atoms with Gasteiger partial charge in [0.2, 0.25) is 0 Å². The molecule has 4 aromatic rings. The maximum absolute atomic E-state index is 14.3. The second kappa shape index (κ2) is 9.59. The lowest BCUT2D eigenvalue weighted by atomic mass is 10.1. The third kappa shape index (κ3) is 4.82. The highest BCUT2D eigenvalue weighted by atomic mass is 79.9. The third-order valence-corrected chi connectivity index (χ3v) is 6.41. The van der Waals surface area contributed by atoms with Gasteiger partial charge in [0.25, 0.3) is 5.91 Å². The van der Waals surface area contributed by atoms with E-state index in [-0.39, 0.29) is 24.9 Å². The number of ether oxygens (including phenoxy) is 1. The first-order chi connectivity index (χ1) is 16.9. The molecule has 0 spiro atoms. The number of hydrogen-bond acceptors (Lipinski definition) is 4. The molecule has 1 unspecified atom stereocenters. The van der Waals surface area contributed by atoms with Crippen LogP contribution in [0, 0.1) is 11.6 Å². The molecule has 1 aliphatic heterocycles. The van der Waals surface area contributed by atoms with Crippen LogP contribution in [0.4, 0.5) is 14.5 Å². The number of nitrogens with zero attached hydrogens (tertiary/aromatic N) is 3. The number of carbonyl (C=O) groups is 1. The summed E-state index contributed by atoms with van der Waals surface area (Å²) >= 11 is 3.43. The fourth-order valence-electron chi connectivity index (χ4n) is 4.09. The van der Waals surface area contributed by atoms with E-state index in [1.165, 1.54) is 18.2 Å². The summed E-state index contributed by atoms with van der Waals surface area (Å²) in [5, 5.41) is 4.74. The van der Waals surface area contributed by atoms with Crippen LogP contribution >= 0.6 is 15.9 Å². The Kier molecular flexibility index (Phi) is 6.36. The topological polar surface area (TPSA) is 73.4 Å². The van der Waals surface area contributed by atoms with Gasteiger partial charge in [-0.15, -0.1) is 0 Å². The highest BCUT2D eigenvalue weighted by Gasteiger charge is 2.36. The second-order valence-electron chi connectivity index (χ2n) is 8.21. The Hall–Kier alpha value is -3.56. The molecule has 2 N–H and O–H groups in total. The van der Waals surface area contributed by atoms with Gasteiger partial charge in [0.15, 0.2) is 6.23 Å². The minimum atomic E-state index is -0.719. The Labute approximate surface area is 209 Å². The Bertz CT molecular complexity index is 1370. The van der Waals surface area contributed by atoms with Crippen molar-refractivity contribution in [2.24, 2.45) is 0 Å². The number of aromatic nitrogens is 2. The minimum absolute atomic E-state index is 0.0960. The lowest BCUT2D eigenvalue weighted by molar-refractivity contribution is -0.128. The van der Waals surface area contributed by atoms with Crippen molar-refractivity contribution in [3.8, 4) is 16.9 Å². The van der Waals surface area contributed by atoms with Crippen molar-refractivity contribution in [2.75, 3.05) is 18.9 Å². The largest absolute Gasteiger partial charge is 0.399 e. The van der Waals surface area contributed by atoms with E-state index in [2.05, 4.69) is 15.9 Å². The van der Waals surface area contributed by atoms with Gasteiger partial charge in [0, 0.05) is 34.0 Å². The fourth-order valence-corrected chi connectivity index (χ4v) is 4.35. The van der Waals surface area contributed by atoms with Crippen LogP contribution in [0.15, 0.2) is 77.4 Å². The smallest absolute Gasteiger partial charge is 0.250 e. The Morgan fingerprint density at radius 3 is 2.51 bits per heavy atom. The molecule has 1 aromatic heterocycles. The van der Waals surface area contributed by atoms with Crippen LogP contribution in [-0.2, 0) is 16.0 Å². The third-order valence-electron chi connectivity index (χ3n) is 5.88. The standard InChI is InChI=1S/C26H21BrF2N4O2/c27-18-4-9-21(10-5-18)33-14-22(25(31-33)17-1-6-19(28)7-2-17)26-32(24(34)15-35-26)12-11-16-3-8-20(30)13-23(16)29/h1-10,13-14,26H,11-12,15,30H2. The highest BCUT2D eigenvalue weighted by molar-refractivity contribution is 9.10. The van der Waals surface area contributed by atoms with E-state index >= 15 is 0 Å². The van der Waals surface area contributed by atoms with Gasteiger partial charge in [-0.3, -0.25) is 4.79 Å². The number of rotatable bonds is 6. The summed E-state index contributed by atoms with van der Waals surface area (Å²) in [6, 6.07) is 18.1. The van der Waals surface area contributed by atoms with E-state index in [4.69, 9.17) is 15.6 Å². The van der Waals surface area contributed by atoms with Gasteiger partial charge in [0.05, 0.1) is 5.69 Å². The molecular formula is C26H21BrF2N4O2. The lowest BCUT2D eigenvalue weighted by Crippen LogP contribution is -2.31. The number of carbonyl (C=O) groups excluding carboxylic acids is 1. The first-order valence-corrected chi connectivity index (χ1v) is 11.7. The molecule has 0 saturated carbocycles. The number of amides is 1. The highest BCUT2D eigenvalue weighted by Crippen LogP contribution is 2.35. The molecule has 1 atom stereocenters. The monoisotopic (exact) mass is 538 g/mol. The maximum Gasteiger partial charge on any atom is 0.250 e. The van der Waals surface area contributed by atoms with E-state index in [1.54, 1.807) is 33.8 Å². The van der Waals surface area contributed by atoms with E-state index in [1.807, 2.05) is 30.5 Å². The van der Waals surface area contributed by atoms with Crippen molar-refractivity contribution in [3.05, 3.63) is 100 Å². The fraction of sp³-hybridized carbons (Fsp3) is 0.154. The number of nitrogens with two attached hydrogens (primary N) is 1. The van der Waals surface area contributed by atoms with Crippen molar-refractivity contribution in [2.45, 2.75) is 12.6 Å². The predicted molar refractivity (Wildman–Crippen MR) is 132 cm³/mol. The van der Waals surface area contributed by atoms with E-state index in [9.17, 15) is 13.6 Å².